The average Bonchev–Trinajstić information content (AvgIpc) is 1.89. The number of primary amides is 1. The maximum Gasteiger partial charge on any atom is 0.326 e. The summed E-state index contributed by atoms with van der Waals surface area (Å²) >= 11 is 0. The number of aliphatic hydroxyl groups excluding tert-OH is 2. The maximum atomic E-state index is 14.4. The van der Waals surface area contributed by atoms with E-state index in [1.165, 1.54) is 12.5 Å². The minimum Gasteiger partial charge on any atom is -0.481 e. The molecule has 1 fully saturated rings. The molecule has 0 bridgehead atoms. The molecule has 0 unspecified atom stereocenters. The third-order valence-electron chi connectivity index (χ3n) is 14.6. The Morgan fingerprint density at radius 3 is 1.67 bits per heavy atom. The molecule has 2 heterocycles. The van der Waals surface area contributed by atoms with Crippen LogP contribution >= 0.6 is 0 Å². The van der Waals surface area contributed by atoms with Gasteiger partial charge in [-0.05, 0) is 75.0 Å². The van der Waals surface area contributed by atoms with E-state index in [2.05, 4.69) is 57.8 Å². The van der Waals surface area contributed by atoms with Crippen molar-refractivity contribution in [1.29, 1.82) is 0 Å². The summed E-state index contributed by atoms with van der Waals surface area (Å²) in [5.41, 5.74) is 18.4. The Balaban J connectivity index is 1.50. The van der Waals surface area contributed by atoms with Crippen LogP contribution in [0, 0.1) is 5.92 Å². The summed E-state index contributed by atoms with van der Waals surface area (Å²) in [6, 6.07) is 1.89. The monoisotopic (exact) mass is 1280 g/mol. The molecule has 10 atom stereocenters. The van der Waals surface area contributed by atoms with Crippen molar-refractivity contribution in [2.24, 2.45) is 23.1 Å². The molecule has 0 radical (unpaired) electrons. The number of carbonyl (C=O) groups excluding carboxylic acids is 11. The van der Waals surface area contributed by atoms with E-state index in [-0.39, 0.29) is 70.3 Å². The number of rotatable bonds is 40. The summed E-state index contributed by atoms with van der Waals surface area (Å²) in [6.45, 7) is 0.928. The zero-order valence-corrected chi connectivity index (χ0v) is 50.7. The molecule has 1 saturated heterocycles. The highest BCUT2D eigenvalue weighted by atomic mass is 16.4. The fourth-order valence-corrected chi connectivity index (χ4v) is 9.69. The number of imidazole rings is 1. The van der Waals surface area contributed by atoms with Gasteiger partial charge in [0.25, 0.3) is 0 Å². The molecule has 3 aromatic rings. The Hall–Kier alpha value is -9.40. The molecule has 0 aliphatic carbocycles. The van der Waals surface area contributed by atoms with Crippen LogP contribution in [0.15, 0.2) is 73.2 Å². The van der Waals surface area contributed by atoms with Crippen LogP contribution in [0.3, 0.4) is 0 Å². The molecule has 4 rings (SSSR count). The highest BCUT2D eigenvalue weighted by Crippen LogP contribution is 2.20. The molecule has 91 heavy (non-hydrogen) atoms. The third kappa shape index (κ3) is 25.6. The number of carbonyl (C=O) groups is 13. The Morgan fingerprint density at radius 1 is 0.604 bits per heavy atom. The highest BCUT2D eigenvalue weighted by Gasteiger charge is 2.41. The number of aromatic nitrogens is 2. The van der Waals surface area contributed by atoms with Crippen LogP contribution in [0.5, 0.6) is 0 Å². The van der Waals surface area contributed by atoms with Crippen molar-refractivity contribution >= 4 is 76.9 Å². The number of carboxylic acid groups (broad SMARTS) is 2. The normalized spacial score (nSPS) is 15.7. The summed E-state index contributed by atoms with van der Waals surface area (Å²) in [7, 11) is 0. The largest absolute Gasteiger partial charge is 0.481 e. The number of nitrogens with two attached hydrogens (primary N) is 3. The lowest BCUT2D eigenvalue weighted by molar-refractivity contribution is -0.143. The summed E-state index contributed by atoms with van der Waals surface area (Å²) in [4.78, 5) is 181. The first-order valence-electron chi connectivity index (χ1n) is 29.8. The van der Waals surface area contributed by atoms with E-state index in [0.29, 0.717) is 36.2 Å². The minimum atomic E-state index is -1.84. The quantitative estimate of drug-likeness (QED) is 0.0237. The number of H-pyrrole nitrogens is 1. The van der Waals surface area contributed by atoms with Crippen LogP contribution in [0.2, 0.25) is 0 Å². The summed E-state index contributed by atoms with van der Waals surface area (Å²) in [5.74, 6) is -13.0. The molecular weight excluding hydrogens is 1190 g/mol. The fourth-order valence-electron chi connectivity index (χ4n) is 9.69. The van der Waals surface area contributed by atoms with Gasteiger partial charge < -0.3 is 95.4 Å². The number of amides is 11. The van der Waals surface area contributed by atoms with Crippen LogP contribution < -0.4 is 65.1 Å². The standard InChI is InChI=1S/C59H85N15O17/c1-33(2)24-40(69-52(83)38(19-20-47(62)77)67-54(85)41(25-34-12-5-3-6-13-34)68-50(81)37(61)18-21-49(79)80)53(84)70-42(26-35-14-7-4-8-15-35)55(86)72-44(30-75)56(87)73-45(31-76)58(89)74-23-11-17-46(74)57(88)71-43(27-36-28-63-32-65-36)51(82)64-29-48(78)66-39(59(90)91)16-9-10-22-60/h3-8,12-15,28,32-33,37-46,75-76H,9-11,16-27,29-31,60-61H2,1-2H3,(H2,62,77)(H,63,65)(H,64,82)(H,66,78)(H,67,85)(H,68,81)(H,69,83)(H,70,84)(H,71,88)(H,72,86)(H,73,87)(H,79,80)(H,90,91)/t37-,38-,39-,40-,41-,42-,43-,44-,45-,46-/m0/s1. The number of carboxylic acids is 2. The molecule has 1 aliphatic rings. The van der Waals surface area contributed by atoms with E-state index in [1.54, 1.807) is 74.5 Å². The minimum absolute atomic E-state index is 0.0535. The number of hydrogen-bond acceptors (Lipinski definition) is 18. The zero-order valence-electron chi connectivity index (χ0n) is 50.7. The Morgan fingerprint density at radius 2 is 1.13 bits per heavy atom. The third-order valence-corrected chi connectivity index (χ3v) is 14.6. The molecule has 11 amide bonds. The Kier molecular flexibility index (Phi) is 31.1. The topological polar surface area (TPSA) is 521 Å². The Bertz CT molecular complexity index is 2940. The van der Waals surface area contributed by atoms with Crippen LogP contribution in [-0.2, 0) is 81.6 Å². The summed E-state index contributed by atoms with van der Waals surface area (Å²) < 4.78 is 0. The van der Waals surface area contributed by atoms with Gasteiger partial charge >= 0.3 is 11.9 Å². The average molecular weight is 1280 g/mol. The van der Waals surface area contributed by atoms with Gasteiger partial charge in [-0.3, -0.25) is 57.5 Å². The first kappa shape index (κ1) is 74.1. The van der Waals surface area contributed by atoms with E-state index in [0.717, 1.165) is 4.90 Å². The lowest BCUT2D eigenvalue weighted by Gasteiger charge is -2.30. The van der Waals surface area contributed by atoms with E-state index in [1.807, 2.05) is 0 Å². The van der Waals surface area contributed by atoms with Gasteiger partial charge in [-0.1, -0.05) is 74.5 Å². The molecule has 1 aromatic heterocycles. The van der Waals surface area contributed by atoms with E-state index < -0.39 is 170 Å². The molecule has 498 valence electrons. The number of aromatic amines is 1. The summed E-state index contributed by atoms with van der Waals surface area (Å²) in [5, 5.41) is 61.9. The summed E-state index contributed by atoms with van der Waals surface area (Å²) in [6.07, 6.45) is 1.94. The number of unbranched alkanes of at least 4 members (excludes halogenated alkanes) is 1. The van der Waals surface area contributed by atoms with E-state index in [4.69, 9.17) is 22.3 Å². The van der Waals surface area contributed by atoms with Gasteiger partial charge in [-0.25, -0.2) is 9.78 Å². The second kappa shape index (κ2) is 38.2. The second-order valence-electron chi connectivity index (χ2n) is 22.3. The predicted molar refractivity (Wildman–Crippen MR) is 323 cm³/mol. The van der Waals surface area contributed by atoms with Crippen molar-refractivity contribution in [3.05, 3.63) is 90.0 Å². The van der Waals surface area contributed by atoms with Gasteiger partial charge in [0.15, 0.2) is 0 Å². The lowest BCUT2D eigenvalue weighted by atomic mass is 9.99. The molecular formula is C59H85N15O17. The van der Waals surface area contributed by atoms with Gasteiger partial charge in [-0.2, -0.15) is 0 Å². The van der Waals surface area contributed by atoms with Gasteiger partial charge in [0.05, 0.1) is 32.1 Å². The van der Waals surface area contributed by atoms with Crippen molar-refractivity contribution < 1.29 is 82.8 Å². The molecule has 1 aliphatic heterocycles. The molecule has 0 spiro atoms. The van der Waals surface area contributed by atoms with Crippen molar-refractivity contribution in [3.8, 4) is 0 Å². The first-order chi connectivity index (χ1) is 43.3. The Labute approximate surface area is 524 Å². The number of hydrogen-bond donors (Lipinski definition) is 17. The molecule has 32 heteroatoms. The van der Waals surface area contributed by atoms with Gasteiger partial charge in [0.2, 0.25) is 65.0 Å². The number of benzene rings is 2. The van der Waals surface area contributed by atoms with E-state index >= 15 is 0 Å². The van der Waals surface area contributed by atoms with E-state index in [9.17, 15) is 77.6 Å². The van der Waals surface area contributed by atoms with Crippen molar-refractivity contribution in [3.63, 3.8) is 0 Å². The van der Waals surface area contributed by atoms with Gasteiger partial charge in [0.1, 0.15) is 54.4 Å². The lowest BCUT2D eigenvalue weighted by Crippen LogP contribution is -2.61. The maximum absolute atomic E-state index is 14.4. The number of nitrogens with zero attached hydrogens (tertiary/aromatic N) is 2. The smallest absolute Gasteiger partial charge is 0.326 e. The van der Waals surface area contributed by atoms with Crippen LogP contribution in [0.25, 0.3) is 0 Å². The van der Waals surface area contributed by atoms with Crippen molar-refractivity contribution in [2.45, 2.75) is 158 Å². The number of aliphatic hydroxyl groups is 2. The van der Waals surface area contributed by atoms with Gasteiger partial charge in [0, 0.05) is 50.5 Å². The molecule has 32 nitrogen and oxygen atoms in total. The van der Waals surface area contributed by atoms with Gasteiger partial charge in [-0.15, -0.1) is 0 Å². The highest BCUT2D eigenvalue weighted by molar-refractivity contribution is 5.99. The number of likely N-dealkylation sites (tertiary alicyclic amines) is 1. The molecule has 0 saturated carbocycles. The zero-order chi connectivity index (χ0) is 67.2. The second-order valence-corrected chi connectivity index (χ2v) is 22.3. The SMILES string of the molecule is CC(C)C[C@H](NC(=O)[C@H](CCC(N)=O)NC(=O)[C@H](Cc1ccccc1)NC(=O)[C@@H](N)CCC(=O)O)C(=O)N[C@@H](Cc1ccccc1)C(=O)N[C@@H](CO)C(=O)N[C@@H](CO)C(=O)N1CCC[C@H]1C(=O)N[C@@H](Cc1cnc[nH]1)C(=O)NCC(=O)N[C@@H](CCCCN)C(=O)O. The molecule has 20 N–H and O–H groups in total. The number of aliphatic carboxylic acids is 2. The van der Waals surface area contributed by atoms with Crippen LogP contribution in [0.4, 0.5) is 0 Å². The number of nitrogens with one attached hydrogen (secondary N) is 10. The van der Waals surface area contributed by atoms with Crippen LogP contribution in [-0.4, -0.2) is 205 Å². The molecule has 2 aromatic carbocycles. The van der Waals surface area contributed by atoms with Crippen molar-refractivity contribution in [1.82, 2.24) is 62.7 Å². The van der Waals surface area contributed by atoms with Crippen molar-refractivity contribution in [2.75, 3.05) is 32.8 Å². The first-order valence-corrected chi connectivity index (χ1v) is 29.8. The fraction of sp³-hybridized carbons (Fsp3) is 0.525. The van der Waals surface area contributed by atoms with Crippen LogP contribution in [0.1, 0.15) is 94.9 Å². The predicted octanol–water partition coefficient (Wildman–Crippen LogP) is -4.87.